The summed E-state index contributed by atoms with van der Waals surface area (Å²) >= 11 is 0. The van der Waals surface area contributed by atoms with E-state index in [9.17, 15) is 0 Å². The lowest BCUT2D eigenvalue weighted by Gasteiger charge is -2.16. The Hall–Kier alpha value is -0.0400. The van der Waals surface area contributed by atoms with Crippen molar-refractivity contribution in [1.82, 2.24) is 0 Å². The van der Waals surface area contributed by atoms with E-state index in [1.807, 2.05) is 7.11 Å². The maximum Gasteiger partial charge on any atom is 0.0490 e. The lowest BCUT2D eigenvalue weighted by molar-refractivity contribution is 0.140. The Labute approximate surface area is 167 Å². The molecular formula is C25H52O. The molecule has 0 aliphatic rings. The average molecular weight is 369 g/mol. The molecule has 0 aromatic rings. The van der Waals surface area contributed by atoms with Crippen LogP contribution < -0.4 is 0 Å². The summed E-state index contributed by atoms with van der Waals surface area (Å²) in [6.07, 6.45) is 28.6. The normalized spacial score (nSPS) is 12.6. The van der Waals surface area contributed by atoms with Gasteiger partial charge < -0.3 is 4.74 Å². The Balaban J connectivity index is 3.41. The molecule has 1 nitrogen and oxygen atoms in total. The van der Waals surface area contributed by atoms with Crippen molar-refractivity contribution in [3.05, 3.63) is 0 Å². The third kappa shape index (κ3) is 20.3. The summed E-state index contributed by atoms with van der Waals surface area (Å²) in [5.41, 5.74) is 0. The zero-order chi connectivity index (χ0) is 19.1. The van der Waals surface area contributed by atoms with Crippen LogP contribution in [0, 0.1) is 5.92 Å². The SMILES string of the molecule is CCCCCCCCCCCCC(CCCCCCCCCC)COC. The van der Waals surface area contributed by atoms with E-state index in [1.165, 1.54) is 128 Å². The van der Waals surface area contributed by atoms with Gasteiger partial charge in [0, 0.05) is 13.7 Å². The minimum absolute atomic E-state index is 0.814. The molecule has 0 radical (unpaired) electrons. The van der Waals surface area contributed by atoms with Gasteiger partial charge in [0.15, 0.2) is 0 Å². The van der Waals surface area contributed by atoms with Crippen LogP contribution in [0.15, 0.2) is 0 Å². The minimum atomic E-state index is 0.814. The highest BCUT2D eigenvalue weighted by atomic mass is 16.5. The van der Waals surface area contributed by atoms with E-state index in [-0.39, 0.29) is 0 Å². The molecule has 158 valence electrons. The summed E-state index contributed by atoms with van der Waals surface area (Å²) in [4.78, 5) is 0. The fraction of sp³-hybridized carbons (Fsp3) is 1.00. The summed E-state index contributed by atoms with van der Waals surface area (Å²) in [6, 6.07) is 0. The largest absolute Gasteiger partial charge is 0.384 e. The molecule has 0 spiro atoms. The van der Waals surface area contributed by atoms with Crippen LogP contribution in [-0.4, -0.2) is 13.7 Å². The van der Waals surface area contributed by atoms with Crippen LogP contribution in [0.25, 0.3) is 0 Å². The summed E-state index contributed by atoms with van der Waals surface area (Å²) in [6.45, 7) is 5.57. The molecule has 0 rings (SSSR count). The van der Waals surface area contributed by atoms with E-state index in [2.05, 4.69) is 13.8 Å². The topological polar surface area (TPSA) is 9.23 Å². The molecule has 0 aliphatic carbocycles. The maximum absolute atomic E-state index is 5.47. The molecule has 0 saturated heterocycles. The number of methoxy groups -OCH3 is 1. The summed E-state index contributed by atoms with van der Waals surface area (Å²) in [5.74, 6) is 0.814. The van der Waals surface area contributed by atoms with Gasteiger partial charge in [-0.15, -0.1) is 0 Å². The second-order valence-corrected chi connectivity index (χ2v) is 8.56. The lowest BCUT2D eigenvalue weighted by atomic mass is 9.94. The molecule has 0 aromatic heterocycles. The smallest absolute Gasteiger partial charge is 0.0490 e. The molecule has 0 aromatic carbocycles. The van der Waals surface area contributed by atoms with Gasteiger partial charge in [0.05, 0.1) is 0 Å². The predicted octanol–water partition coefficient (Wildman–Crippen LogP) is 9.09. The monoisotopic (exact) mass is 368 g/mol. The van der Waals surface area contributed by atoms with Crippen LogP contribution in [0.1, 0.15) is 142 Å². The van der Waals surface area contributed by atoms with Crippen LogP contribution in [0.4, 0.5) is 0 Å². The van der Waals surface area contributed by atoms with Crippen LogP contribution in [0.5, 0.6) is 0 Å². The average Bonchev–Trinajstić information content (AvgIpc) is 2.65. The van der Waals surface area contributed by atoms with E-state index in [0.717, 1.165) is 12.5 Å². The van der Waals surface area contributed by atoms with Gasteiger partial charge in [0.2, 0.25) is 0 Å². The van der Waals surface area contributed by atoms with Crippen molar-refractivity contribution in [1.29, 1.82) is 0 Å². The Morgan fingerprint density at radius 3 is 1.08 bits per heavy atom. The van der Waals surface area contributed by atoms with E-state index in [0.29, 0.717) is 0 Å². The first kappa shape index (κ1) is 26.0. The number of rotatable bonds is 22. The highest BCUT2D eigenvalue weighted by molar-refractivity contribution is 4.60. The van der Waals surface area contributed by atoms with Gasteiger partial charge in [-0.3, -0.25) is 0 Å². The number of ether oxygens (including phenoxy) is 1. The van der Waals surface area contributed by atoms with Crippen LogP contribution in [0.3, 0.4) is 0 Å². The predicted molar refractivity (Wildman–Crippen MR) is 119 cm³/mol. The molecular weight excluding hydrogens is 316 g/mol. The standard InChI is InChI=1S/C25H52O/c1-4-6-8-10-12-14-15-17-19-21-23-25(24-26-3)22-20-18-16-13-11-9-7-5-2/h25H,4-24H2,1-3H3. The van der Waals surface area contributed by atoms with Gasteiger partial charge in [-0.1, -0.05) is 129 Å². The van der Waals surface area contributed by atoms with E-state index < -0.39 is 0 Å². The third-order valence-corrected chi connectivity index (χ3v) is 5.83. The zero-order valence-electron chi connectivity index (χ0n) is 18.8. The van der Waals surface area contributed by atoms with Crippen LogP contribution in [-0.2, 0) is 4.74 Å². The van der Waals surface area contributed by atoms with E-state index in [1.54, 1.807) is 0 Å². The number of hydrogen-bond acceptors (Lipinski definition) is 1. The molecule has 0 aliphatic heterocycles. The van der Waals surface area contributed by atoms with Crippen molar-refractivity contribution in [2.75, 3.05) is 13.7 Å². The fourth-order valence-electron chi connectivity index (χ4n) is 4.03. The van der Waals surface area contributed by atoms with E-state index >= 15 is 0 Å². The molecule has 0 N–H and O–H groups in total. The number of hydrogen-bond donors (Lipinski definition) is 0. The van der Waals surface area contributed by atoms with E-state index in [4.69, 9.17) is 4.74 Å². The van der Waals surface area contributed by atoms with Gasteiger partial charge in [-0.2, -0.15) is 0 Å². The summed E-state index contributed by atoms with van der Waals surface area (Å²) < 4.78 is 5.47. The second-order valence-electron chi connectivity index (χ2n) is 8.56. The highest BCUT2D eigenvalue weighted by Crippen LogP contribution is 2.20. The molecule has 0 bridgehead atoms. The van der Waals surface area contributed by atoms with Gasteiger partial charge in [0.25, 0.3) is 0 Å². The van der Waals surface area contributed by atoms with Crippen LogP contribution >= 0.6 is 0 Å². The lowest BCUT2D eigenvalue weighted by Crippen LogP contribution is -2.08. The second kappa shape index (κ2) is 23.0. The molecule has 1 heteroatoms. The van der Waals surface area contributed by atoms with Gasteiger partial charge >= 0.3 is 0 Å². The van der Waals surface area contributed by atoms with Crippen molar-refractivity contribution in [2.45, 2.75) is 142 Å². The Bertz CT molecular complexity index is 238. The molecule has 1 atom stereocenters. The summed E-state index contributed by atoms with van der Waals surface area (Å²) in [5, 5.41) is 0. The van der Waals surface area contributed by atoms with Gasteiger partial charge in [-0.05, 0) is 18.8 Å². The van der Waals surface area contributed by atoms with Crippen molar-refractivity contribution in [3.63, 3.8) is 0 Å². The maximum atomic E-state index is 5.47. The van der Waals surface area contributed by atoms with Crippen LogP contribution in [0.2, 0.25) is 0 Å². The molecule has 26 heavy (non-hydrogen) atoms. The Kier molecular flexibility index (Phi) is 23.0. The minimum Gasteiger partial charge on any atom is -0.384 e. The molecule has 0 heterocycles. The first-order chi connectivity index (χ1) is 12.8. The van der Waals surface area contributed by atoms with Gasteiger partial charge in [0.1, 0.15) is 0 Å². The van der Waals surface area contributed by atoms with Crippen molar-refractivity contribution < 1.29 is 4.74 Å². The van der Waals surface area contributed by atoms with Crippen molar-refractivity contribution in [2.24, 2.45) is 5.92 Å². The third-order valence-electron chi connectivity index (χ3n) is 5.83. The van der Waals surface area contributed by atoms with Gasteiger partial charge in [-0.25, -0.2) is 0 Å². The molecule has 0 saturated carbocycles. The molecule has 1 unspecified atom stereocenters. The number of unbranched alkanes of at least 4 members (excludes halogenated alkanes) is 16. The fourth-order valence-corrected chi connectivity index (χ4v) is 4.03. The first-order valence-electron chi connectivity index (χ1n) is 12.3. The van der Waals surface area contributed by atoms with Crippen molar-refractivity contribution in [3.8, 4) is 0 Å². The molecule has 0 amide bonds. The highest BCUT2D eigenvalue weighted by Gasteiger charge is 2.08. The Morgan fingerprint density at radius 2 is 0.769 bits per heavy atom. The zero-order valence-corrected chi connectivity index (χ0v) is 18.8. The molecule has 0 fully saturated rings. The summed E-state index contributed by atoms with van der Waals surface area (Å²) in [7, 11) is 1.87. The first-order valence-corrected chi connectivity index (χ1v) is 12.3. The quantitative estimate of drug-likeness (QED) is 0.173. The Morgan fingerprint density at radius 1 is 0.462 bits per heavy atom. The van der Waals surface area contributed by atoms with Crippen molar-refractivity contribution >= 4 is 0 Å².